The van der Waals surface area contributed by atoms with Crippen LogP contribution in [0.3, 0.4) is 0 Å². The standard InChI is InChI=1S/C9H15NO2/c1-2-3-10-5-6-4-7(10)8(6)9(11)12/h6-8H,2-5H2,1H3,(H,11,12). The molecule has 68 valence electrons. The van der Waals surface area contributed by atoms with Crippen molar-refractivity contribution in [2.75, 3.05) is 13.1 Å². The minimum atomic E-state index is -0.588. The van der Waals surface area contributed by atoms with E-state index in [-0.39, 0.29) is 5.92 Å². The van der Waals surface area contributed by atoms with Gasteiger partial charge in [0, 0.05) is 12.6 Å². The molecule has 0 aromatic carbocycles. The Hall–Kier alpha value is -0.570. The lowest BCUT2D eigenvalue weighted by molar-refractivity contribution is -0.147. The molecule has 3 atom stereocenters. The molecule has 3 rings (SSSR count). The summed E-state index contributed by atoms with van der Waals surface area (Å²) in [6.07, 6.45) is 2.26. The molecule has 0 spiro atoms. The Morgan fingerprint density at radius 3 is 2.92 bits per heavy atom. The van der Waals surface area contributed by atoms with E-state index in [2.05, 4.69) is 11.8 Å². The van der Waals surface area contributed by atoms with E-state index in [1.54, 1.807) is 0 Å². The summed E-state index contributed by atoms with van der Waals surface area (Å²) in [5.74, 6) is -0.176. The van der Waals surface area contributed by atoms with Crippen LogP contribution in [0.1, 0.15) is 19.8 Å². The van der Waals surface area contributed by atoms with Gasteiger partial charge in [-0.3, -0.25) is 9.69 Å². The minimum Gasteiger partial charge on any atom is -0.481 e. The average Bonchev–Trinajstić information content (AvgIpc) is 2.42. The van der Waals surface area contributed by atoms with E-state index in [0.29, 0.717) is 12.0 Å². The fraction of sp³-hybridized carbons (Fsp3) is 0.889. The molecular formula is C9H15NO2. The third kappa shape index (κ3) is 0.959. The smallest absolute Gasteiger partial charge is 0.308 e. The molecule has 0 aromatic rings. The summed E-state index contributed by atoms with van der Waals surface area (Å²) in [4.78, 5) is 13.1. The zero-order chi connectivity index (χ0) is 8.72. The highest BCUT2D eigenvalue weighted by Crippen LogP contribution is 2.46. The van der Waals surface area contributed by atoms with E-state index in [0.717, 1.165) is 25.9 Å². The van der Waals surface area contributed by atoms with E-state index in [1.807, 2.05) is 0 Å². The molecule has 2 bridgehead atoms. The van der Waals surface area contributed by atoms with E-state index in [9.17, 15) is 4.79 Å². The van der Waals surface area contributed by atoms with Crippen LogP contribution in [0.5, 0.6) is 0 Å². The Bertz CT molecular complexity index is 205. The molecule has 3 nitrogen and oxygen atoms in total. The number of carboxylic acids is 1. The fourth-order valence-corrected chi connectivity index (χ4v) is 2.63. The van der Waals surface area contributed by atoms with Crippen molar-refractivity contribution >= 4 is 5.97 Å². The van der Waals surface area contributed by atoms with Crippen molar-refractivity contribution in [2.24, 2.45) is 11.8 Å². The first-order chi connectivity index (χ1) is 5.74. The molecule has 2 saturated heterocycles. The number of carboxylic acid groups (broad SMARTS) is 1. The molecule has 3 heteroatoms. The lowest BCUT2D eigenvalue weighted by Gasteiger charge is -2.33. The molecule has 2 aliphatic heterocycles. The first-order valence-electron chi connectivity index (χ1n) is 4.71. The number of rotatable bonds is 3. The summed E-state index contributed by atoms with van der Waals surface area (Å²) in [6, 6.07) is 0.368. The van der Waals surface area contributed by atoms with Gasteiger partial charge in [0.2, 0.25) is 0 Å². The van der Waals surface area contributed by atoms with Gasteiger partial charge in [-0.05, 0) is 25.3 Å². The maximum absolute atomic E-state index is 10.8. The van der Waals surface area contributed by atoms with Crippen molar-refractivity contribution in [3.63, 3.8) is 0 Å². The molecule has 3 unspecified atom stereocenters. The van der Waals surface area contributed by atoms with Crippen LogP contribution in [0.2, 0.25) is 0 Å². The summed E-state index contributed by atoms with van der Waals surface area (Å²) in [7, 11) is 0. The van der Waals surface area contributed by atoms with Crippen LogP contribution >= 0.6 is 0 Å². The van der Waals surface area contributed by atoms with Crippen LogP contribution in [0, 0.1) is 11.8 Å². The van der Waals surface area contributed by atoms with Gasteiger partial charge in [0.15, 0.2) is 0 Å². The Balaban J connectivity index is 1.97. The summed E-state index contributed by atoms with van der Waals surface area (Å²) in [5, 5.41) is 8.87. The molecule has 12 heavy (non-hydrogen) atoms. The second-order valence-electron chi connectivity index (χ2n) is 3.92. The van der Waals surface area contributed by atoms with Gasteiger partial charge in [-0.15, -0.1) is 0 Å². The Kier molecular flexibility index (Phi) is 1.83. The monoisotopic (exact) mass is 169 g/mol. The molecule has 1 aliphatic carbocycles. The minimum absolute atomic E-state index is 0.0449. The number of hydrogen-bond acceptors (Lipinski definition) is 2. The van der Waals surface area contributed by atoms with Crippen molar-refractivity contribution in [1.82, 2.24) is 4.90 Å². The predicted molar refractivity (Wildman–Crippen MR) is 44.9 cm³/mol. The molecule has 3 aliphatic rings. The van der Waals surface area contributed by atoms with Gasteiger partial charge >= 0.3 is 5.97 Å². The Labute approximate surface area is 72.4 Å². The van der Waals surface area contributed by atoms with Crippen LogP contribution in [0.4, 0.5) is 0 Å². The van der Waals surface area contributed by atoms with Crippen LogP contribution < -0.4 is 0 Å². The number of hydrogen-bond donors (Lipinski definition) is 1. The van der Waals surface area contributed by atoms with Gasteiger partial charge in [-0.25, -0.2) is 0 Å². The number of aliphatic carboxylic acids is 1. The van der Waals surface area contributed by atoms with E-state index in [1.165, 1.54) is 0 Å². The molecule has 0 aromatic heterocycles. The number of nitrogens with zero attached hydrogens (tertiary/aromatic N) is 1. The lowest BCUT2D eigenvalue weighted by Crippen LogP contribution is -2.43. The van der Waals surface area contributed by atoms with Crippen molar-refractivity contribution in [1.29, 1.82) is 0 Å². The van der Waals surface area contributed by atoms with Crippen molar-refractivity contribution in [3.8, 4) is 0 Å². The second-order valence-corrected chi connectivity index (χ2v) is 3.92. The molecule has 1 saturated carbocycles. The lowest BCUT2D eigenvalue weighted by atomic mass is 9.74. The largest absolute Gasteiger partial charge is 0.481 e. The van der Waals surface area contributed by atoms with Crippen LogP contribution in [0.25, 0.3) is 0 Å². The SMILES string of the molecule is CCCN1CC2CC1C2C(=O)O. The third-order valence-corrected chi connectivity index (χ3v) is 3.20. The van der Waals surface area contributed by atoms with Gasteiger partial charge < -0.3 is 5.11 Å². The van der Waals surface area contributed by atoms with Gasteiger partial charge in [0.25, 0.3) is 0 Å². The van der Waals surface area contributed by atoms with Crippen molar-refractivity contribution < 1.29 is 9.90 Å². The highest BCUT2D eigenvalue weighted by Gasteiger charge is 2.54. The maximum atomic E-state index is 10.8. The zero-order valence-electron chi connectivity index (χ0n) is 7.36. The van der Waals surface area contributed by atoms with Gasteiger partial charge in [0.05, 0.1) is 5.92 Å². The summed E-state index contributed by atoms with van der Waals surface area (Å²) < 4.78 is 0. The third-order valence-electron chi connectivity index (χ3n) is 3.20. The molecule has 1 N–H and O–H groups in total. The normalized spacial score (nSPS) is 39.6. The average molecular weight is 169 g/mol. The molecule has 3 fully saturated rings. The summed E-state index contributed by atoms with van der Waals surface area (Å²) >= 11 is 0. The summed E-state index contributed by atoms with van der Waals surface area (Å²) in [5.41, 5.74) is 0. The maximum Gasteiger partial charge on any atom is 0.308 e. The number of carbonyl (C=O) groups is 1. The molecule has 2 heterocycles. The van der Waals surface area contributed by atoms with Crippen molar-refractivity contribution in [3.05, 3.63) is 0 Å². The summed E-state index contributed by atoms with van der Waals surface area (Å²) in [6.45, 7) is 4.24. The van der Waals surface area contributed by atoms with Gasteiger partial charge in [-0.2, -0.15) is 0 Å². The van der Waals surface area contributed by atoms with Gasteiger partial charge in [-0.1, -0.05) is 6.92 Å². The predicted octanol–water partition coefficient (Wildman–Crippen LogP) is 0.801. The highest BCUT2D eigenvalue weighted by molar-refractivity contribution is 5.73. The quantitative estimate of drug-likeness (QED) is 0.679. The molecular weight excluding hydrogens is 154 g/mol. The van der Waals surface area contributed by atoms with Crippen LogP contribution in [-0.2, 0) is 4.79 Å². The van der Waals surface area contributed by atoms with Crippen LogP contribution in [0.15, 0.2) is 0 Å². The Morgan fingerprint density at radius 1 is 1.67 bits per heavy atom. The molecule has 0 amide bonds. The van der Waals surface area contributed by atoms with Crippen molar-refractivity contribution in [2.45, 2.75) is 25.8 Å². The van der Waals surface area contributed by atoms with E-state index >= 15 is 0 Å². The zero-order valence-corrected chi connectivity index (χ0v) is 7.36. The van der Waals surface area contributed by atoms with E-state index < -0.39 is 5.97 Å². The van der Waals surface area contributed by atoms with Crippen LogP contribution in [-0.4, -0.2) is 35.1 Å². The first-order valence-corrected chi connectivity index (χ1v) is 4.71. The van der Waals surface area contributed by atoms with Gasteiger partial charge in [0.1, 0.15) is 0 Å². The number of fused-ring (bicyclic) bond motifs is 1. The fourth-order valence-electron chi connectivity index (χ4n) is 2.63. The van der Waals surface area contributed by atoms with E-state index in [4.69, 9.17) is 5.11 Å². The topological polar surface area (TPSA) is 40.5 Å². The molecule has 0 radical (unpaired) electrons. The highest BCUT2D eigenvalue weighted by atomic mass is 16.4. The Morgan fingerprint density at radius 2 is 2.42 bits per heavy atom. The first kappa shape index (κ1) is 8.05. The second kappa shape index (κ2) is 2.73.